The van der Waals surface area contributed by atoms with Crippen LogP contribution in [0, 0.1) is 0 Å². The number of alkyl carbamates (subject to hydrolysis) is 1. The maximum absolute atomic E-state index is 12.1. The Morgan fingerprint density at radius 3 is 2.56 bits per heavy atom. The lowest BCUT2D eigenvalue weighted by Crippen LogP contribution is -2.30. The zero-order valence-corrected chi connectivity index (χ0v) is 13.9. The molecule has 5 nitrogen and oxygen atoms in total. The molecule has 0 bridgehead atoms. The maximum Gasteiger partial charge on any atom is 0.407 e. The van der Waals surface area contributed by atoms with Crippen LogP contribution in [0.4, 0.5) is 4.79 Å². The molecule has 0 spiro atoms. The Hall–Kier alpha value is -2.82. The molecule has 25 heavy (non-hydrogen) atoms. The topological polar surface area (TPSA) is 75.6 Å². The molecule has 5 heteroatoms. The van der Waals surface area contributed by atoms with Gasteiger partial charge in [-0.05, 0) is 35.4 Å². The van der Waals surface area contributed by atoms with E-state index in [-0.39, 0.29) is 13.0 Å². The van der Waals surface area contributed by atoms with Gasteiger partial charge in [0, 0.05) is 0 Å². The van der Waals surface area contributed by atoms with Gasteiger partial charge in [0.2, 0.25) is 0 Å². The molecule has 1 unspecified atom stereocenters. The summed E-state index contributed by atoms with van der Waals surface area (Å²) >= 11 is 0. The lowest BCUT2D eigenvalue weighted by atomic mass is 9.99. The predicted octanol–water partition coefficient (Wildman–Crippen LogP) is 4.01. The number of aliphatic carboxylic acids is 1. The average Bonchev–Trinajstić information content (AvgIpc) is 3.45. The standard InChI is InChI=1S/C20H21NO4/c22-19(23)12-18(17-8-4-7-16(11-17)15-9-10-15)21-20(24)25-13-14-5-2-1-3-6-14/h1-8,11,15,18H,9-10,12-13H2,(H,21,24)(H,22,23). The van der Waals surface area contributed by atoms with E-state index < -0.39 is 18.1 Å². The van der Waals surface area contributed by atoms with Crippen LogP contribution in [-0.4, -0.2) is 17.2 Å². The quantitative estimate of drug-likeness (QED) is 0.799. The van der Waals surface area contributed by atoms with E-state index in [1.54, 1.807) is 0 Å². The second-order valence-electron chi connectivity index (χ2n) is 6.30. The summed E-state index contributed by atoms with van der Waals surface area (Å²) in [5.41, 5.74) is 2.87. The molecule has 0 heterocycles. The lowest BCUT2D eigenvalue weighted by molar-refractivity contribution is -0.137. The molecule has 0 aliphatic heterocycles. The van der Waals surface area contributed by atoms with Crippen LogP contribution in [0.1, 0.15) is 47.9 Å². The van der Waals surface area contributed by atoms with Gasteiger partial charge in [0.25, 0.3) is 0 Å². The van der Waals surface area contributed by atoms with E-state index in [0.29, 0.717) is 5.92 Å². The molecule has 1 aliphatic carbocycles. The monoisotopic (exact) mass is 339 g/mol. The highest BCUT2D eigenvalue weighted by atomic mass is 16.5. The number of benzene rings is 2. The minimum absolute atomic E-state index is 0.147. The molecule has 3 rings (SSSR count). The van der Waals surface area contributed by atoms with Crippen LogP contribution < -0.4 is 5.32 Å². The van der Waals surface area contributed by atoms with Crippen LogP contribution in [0.15, 0.2) is 54.6 Å². The third-order valence-corrected chi connectivity index (χ3v) is 4.25. The minimum atomic E-state index is -0.967. The summed E-state index contributed by atoms with van der Waals surface area (Å²) in [5, 5.41) is 11.8. The van der Waals surface area contributed by atoms with E-state index in [4.69, 9.17) is 9.84 Å². The third-order valence-electron chi connectivity index (χ3n) is 4.25. The van der Waals surface area contributed by atoms with Gasteiger partial charge in [-0.1, -0.05) is 54.6 Å². The number of amides is 1. The summed E-state index contributed by atoms with van der Waals surface area (Å²) in [6.07, 6.45) is 1.53. The minimum Gasteiger partial charge on any atom is -0.481 e. The largest absolute Gasteiger partial charge is 0.481 e. The zero-order chi connectivity index (χ0) is 17.6. The molecule has 2 N–H and O–H groups in total. The van der Waals surface area contributed by atoms with Crippen molar-refractivity contribution in [2.45, 2.75) is 37.8 Å². The number of nitrogens with one attached hydrogen (secondary N) is 1. The van der Waals surface area contributed by atoms with Crippen LogP contribution >= 0.6 is 0 Å². The van der Waals surface area contributed by atoms with Gasteiger partial charge in [-0.3, -0.25) is 4.79 Å². The van der Waals surface area contributed by atoms with Crippen LogP contribution in [0.3, 0.4) is 0 Å². The van der Waals surface area contributed by atoms with Gasteiger partial charge in [-0.25, -0.2) is 4.79 Å². The molecular formula is C20H21NO4. The van der Waals surface area contributed by atoms with Crippen molar-refractivity contribution in [3.63, 3.8) is 0 Å². The molecule has 1 saturated carbocycles. The SMILES string of the molecule is O=C(O)CC(NC(=O)OCc1ccccc1)c1cccc(C2CC2)c1. The Balaban J connectivity index is 1.64. The van der Waals surface area contributed by atoms with Crippen LogP contribution in [0.25, 0.3) is 0 Å². The van der Waals surface area contributed by atoms with Crippen molar-refractivity contribution >= 4 is 12.1 Å². The first-order valence-electron chi connectivity index (χ1n) is 8.40. The third kappa shape index (κ3) is 5.08. The van der Waals surface area contributed by atoms with E-state index in [1.807, 2.05) is 54.6 Å². The normalized spacial score (nSPS) is 14.6. The fraction of sp³-hybridized carbons (Fsp3) is 0.300. The second-order valence-corrected chi connectivity index (χ2v) is 6.30. The number of carboxylic acid groups (broad SMARTS) is 1. The van der Waals surface area contributed by atoms with Crippen molar-refractivity contribution < 1.29 is 19.4 Å². The first-order chi connectivity index (χ1) is 12.1. The first kappa shape index (κ1) is 17.0. The summed E-state index contributed by atoms with van der Waals surface area (Å²) in [5.74, 6) is -0.402. The highest BCUT2D eigenvalue weighted by molar-refractivity contribution is 5.72. The van der Waals surface area contributed by atoms with Gasteiger partial charge in [0.1, 0.15) is 6.61 Å². The van der Waals surface area contributed by atoms with Gasteiger partial charge in [-0.2, -0.15) is 0 Å². The first-order valence-corrected chi connectivity index (χ1v) is 8.40. The van der Waals surface area contributed by atoms with E-state index in [0.717, 1.165) is 11.1 Å². The van der Waals surface area contributed by atoms with Crippen LogP contribution in [0.5, 0.6) is 0 Å². The molecule has 0 aromatic heterocycles. The molecule has 1 atom stereocenters. The maximum atomic E-state index is 12.1. The Kier molecular flexibility index (Phi) is 5.33. The Morgan fingerprint density at radius 1 is 1.12 bits per heavy atom. The van der Waals surface area contributed by atoms with Crippen molar-refractivity contribution in [2.75, 3.05) is 0 Å². The summed E-state index contributed by atoms with van der Waals surface area (Å²) in [6, 6.07) is 16.5. The fourth-order valence-electron chi connectivity index (χ4n) is 2.78. The number of hydrogen-bond donors (Lipinski definition) is 2. The van der Waals surface area contributed by atoms with Crippen molar-refractivity contribution in [3.05, 3.63) is 71.3 Å². The Bertz CT molecular complexity index is 740. The lowest BCUT2D eigenvalue weighted by Gasteiger charge is -2.18. The molecule has 1 fully saturated rings. The summed E-state index contributed by atoms with van der Waals surface area (Å²) < 4.78 is 5.21. The number of ether oxygens (including phenoxy) is 1. The fourth-order valence-corrected chi connectivity index (χ4v) is 2.78. The van der Waals surface area contributed by atoms with E-state index >= 15 is 0 Å². The number of carboxylic acids is 1. The van der Waals surface area contributed by atoms with Crippen molar-refractivity contribution in [1.82, 2.24) is 5.32 Å². The highest BCUT2D eigenvalue weighted by Gasteiger charge is 2.25. The van der Waals surface area contributed by atoms with E-state index in [9.17, 15) is 9.59 Å². The zero-order valence-electron chi connectivity index (χ0n) is 13.9. The molecule has 0 saturated heterocycles. The van der Waals surface area contributed by atoms with Crippen LogP contribution in [-0.2, 0) is 16.1 Å². The molecule has 1 aliphatic rings. The summed E-state index contributed by atoms with van der Waals surface area (Å²) in [4.78, 5) is 23.3. The van der Waals surface area contributed by atoms with Gasteiger partial charge in [-0.15, -0.1) is 0 Å². The van der Waals surface area contributed by atoms with Crippen molar-refractivity contribution in [3.8, 4) is 0 Å². The summed E-state index contributed by atoms with van der Waals surface area (Å²) in [6.45, 7) is 0.147. The molecule has 2 aromatic carbocycles. The number of carbonyl (C=O) groups excluding carboxylic acids is 1. The van der Waals surface area contributed by atoms with Gasteiger partial charge in [0.15, 0.2) is 0 Å². The van der Waals surface area contributed by atoms with Crippen molar-refractivity contribution in [2.24, 2.45) is 0 Å². The molecule has 0 radical (unpaired) electrons. The van der Waals surface area contributed by atoms with Crippen molar-refractivity contribution in [1.29, 1.82) is 0 Å². The Morgan fingerprint density at radius 2 is 1.88 bits per heavy atom. The number of hydrogen-bond acceptors (Lipinski definition) is 3. The molecule has 1 amide bonds. The van der Waals surface area contributed by atoms with E-state index in [1.165, 1.54) is 18.4 Å². The molecule has 2 aromatic rings. The van der Waals surface area contributed by atoms with E-state index in [2.05, 4.69) is 5.32 Å². The number of carbonyl (C=O) groups is 2. The molecule has 130 valence electrons. The molecular weight excluding hydrogens is 318 g/mol. The Labute approximate surface area is 146 Å². The smallest absolute Gasteiger partial charge is 0.407 e. The number of rotatable bonds is 7. The van der Waals surface area contributed by atoms with Gasteiger partial charge in [0.05, 0.1) is 12.5 Å². The van der Waals surface area contributed by atoms with Gasteiger partial charge < -0.3 is 15.2 Å². The van der Waals surface area contributed by atoms with Crippen LogP contribution in [0.2, 0.25) is 0 Å². The van der Waals surface area contributed by atoms with Gasteiger partial charge >= 0.3 is 12.1 Å². The summed E-state index contributed by atoms with van der Waals surface area (Å²) in [7, 11) is 0. The highest BCUT2D eigenvalue weighted by Crippen LogP contribution is 2.40. The second kappa shape index (κ2) is 7.83. The average molecular weight is 339 g/mol. The predicted molar refractivity (Wildman–Crippen MR) is 93.2 cm³/mol.